The van der Waals surface area contributed by atoms with E-state index in [9.17, 15) is 0 Å². The van der Waals surface area contributed by atoms with Gasteiger partial charge in [-0.1, -0.05) is 53.7 Å². The molecule has 1 aliphatic rings. The van der Waals surface area contributed by atoms with Crippen LogP contribution in [0.4, 0.5) is 0 Å². The maximum absolute atomic E-state index is 6.20. The van der Waals surface area contributed by atoms with Crippen LogP contribution in [-0.4, -0.2) is 42.5 Å². The van der Waals surface area contributed by atoms with E-state index in [-0.39, 0.29) is 6.10 Å². The van der Waals surface area contributed by atoms with Crippen LogP contribution in [0.15, 0.2) is 53.7 Å². The van der Waals surface area contributed by atoms with Gasteiger partial charge >= 0.3 is 0 Å². The molecule has 0 bridgehead atoms. The maximum atomic E-state index is 6.20. The highest BCUT2D eigenvalue weighted by Crippen LogP contribution is 2.27. The Bertz CT molecular complexity index is 1140. The lowest BCUT2D eigenvalue weighted by atomic mass is 10.2. The number of ether oxygens (including phenoxy) is 1. The second kappa shape index (κ2) is 8.75. The van der Waals surface area contributed by atoms with Gasteiger partial charge in [-0.3, -0.25) is 0 Å². The summed E-state index contributed by atoms with van der Waals surface area (Å²) in [6.07, 6.45) is 2.34. The summed E-state index contributed by atoms with van der Waals surface area (Å²) in [5.74, 6) is 1.62. The molecule has 0 amide bonds. The van der Waals surface area contributed by atoms with Gasteiger partial charge in [-0.25, -0.2) is 9.67 Å². The van der Waals surface area contributed by atoms with E-state index < -0.39 is 0 Å². The first-order valence-corrected chi connectivity index (χ1v) is 11.3. The zero-order valence-electron chi connectivity index (χ0n) is 16.3. The normalized spacial score (nSPS) is 16.5. The molecule has 3 heterocycles. The molecule has 0 saturated carbocycles. The molecular formula is C21H21ClN6OS. The van der Waals surface area contributed by atoms with Crippen LogP contribution in [-0.2, 0) is 23.6 Å². The van der Waals surface area contributed by atoms with Crippen LogP contribution in [0.3, 0.4) is 0 Å². The Kier molecular flexibility index (Phi) is 5.70. The van der Waals surface area contributed by atoms with Crippen molar-refractivity contribution in [3.63, 3.8) is 0 Å². The predicted molar refractivity (Wildman–Crippen MR) is 117 cm³/mol. The van der Waals surface area contributed by atoms with Crippen molar-refractivity contribution in [2.24, 2.45) is 0 Å². The second-order valence-electron chi connectivity index (χ2n) is 7.30. The van der Waals surface area contributed by atoms with Crippen LogP contribution in [0.5, 0.6) is 0 Å². The fraction of sp³-hybridized carbons (Fsp3) is 0.333. The lowest BCUT2D eigenvalue weighted by Gasteiger charge is -2.11. The molecule has 1 aliphatic heterocycles. The van der Waals surface area contributed by atoms with E-state index in [2.05, 4.69) is 44.4 Å². The number of halogens is 1. The van der Waals surface area contributed by atoms with Crippen molar-refractivity contribution in [1.29, 1.82) is 0 Å². The van der Waals surface area contributed by atoms with Gasteiger partial charge in [0.2, 0.25) is 5.16 Å². The molecule has 2 aromatic heterocycles. The minimum absolute atomic E-state index is 0.192. The van der Waals surface area contributed by atoms with Crippen LogP contribution >= 0.6 is 23.4 Å². The molecule has 1 atom stereocenters. The molecule has 0 aliphatic carbocycles. The molecule has 4 aromatic rings. The molecule has 0 unspecified atom stereocenters. The van der Waals surface area contributed by atoms with E-state index in [0.717, 1.165) is 48.0 Å². The van der Waals surface area contributed by atoms with Gasteiger partial charge in [0.1, 0.15) is 5.82 Å². The fourth-order valence-corrected chi connectivity index (χ4v) is 4.73. The average Bonchev–Trinajstić information content (AvgIpc) is 3.49. The van der Waals surface area contributed by atoms with Crippen molar-refractivity contribution >= 4 is 34.4 Å². The smallest absolute Gasteiger partial charge is 0.209 e. The van der Waals surface area contributed by atoms with Crippen LogP contribution in [0.2, 0.25) is 5.02 Å². The van der Waals surface area contributed by atoms with Gasteiger partial charge in [0, 0.05) is 18.2 Å². The van der Waals surface area contributed by atoms with Gasteiger partial charge in [0.05, 0.1) is 29.4 Å². The first kappa shape index (κ1) is 19.5. The SMILES string of the molecule is Clc1ccc2c(c1)nc(CSc1nnnn1C[C@@H]1CCCO1)n2Cc1ccccc1. The van der Waals surface area contributed by atoms with Gasteiger partial charge in [-0.2, -0.15) is 0 Å². The number of hydrogen-bond acceptors (Lipinski definition) is 6. The average molecular weight is 441 g/mol. The van der Waals surface area contributed by atoms with Crippen LogP contribution in [0.25, 0.3) is 11.0 Å². The van der Waals surface area contributed by atoms with E-state index in [1.165, 1.54) is 5.56 Å². The minimum atomic E-state index is 0.192. The number of nitrogens with zero attached hydrogens (tertiary/aromatic N) is 6. The second-order valence-corrected chi connectivity index (χ2v) is 8.68. The number of benzene rings is 2. The highest BCUT2D eigenvalue weighted by atomic mass is 35.5. The number of fused-ring (bicyclic) bond motifs is 1. The third-order valence-electron chi connectivity index (χ3n) is 5.20. The summed E-state index contributed by atoms with van der Waals surface area (Å²) in [6.45, 7) is 2.25. The first-order chi connectivity index (χ1) is 14.8. The number of imidazole rings is 1. The lowest BCUT2D eigenvalue weighted by molar-refractivity contribution is 0.0912. The molecule has 2 aromatic carbocycles. The van der Waals surface area contributed by atoms with Crippen LogP contribution in [0, 0.1) is 0 Å². The number of hydrogen-bond donors (Lipinski definition) is 0. The molecule has 7 nitrogen and oxygen atoms in total. The van der Waals surface area contributed by atoms with Crippen LogP contribution < -0.4 is 0 Å². The van der Waals surface area contributed by atoms with E-state index in [4.69, 9.17) is 21.3 Å². The van der Waals surface area contributed by atoms with Gasteiger partial charge in [-0.15, -0.1) is 5.10 Å². The Hall–Kier alpha value is -2.42. The monoisotopic (exact) mass is 440 g/mol. The zero-order valence-corrected chi connectivity index (χ0v) is 17.9. The fourth-order valence-electron chi connectivity index (χ4n) is 3.73. The lowest BCUT2D eigenvalue weighted by Crippen LogP contribution is -2.17. The van der Waals surface area contributed by atoms with Crippen molar-refractivity contribution in [2.45, 2.75) is 42.9 Å². The number of thioether (sulfide) groups is 1. The number of rotatable bonds is 7. The summed E-state index contributed by atoms with van der Waals surface area (Å²) < 4.78 is 9.80. The van der Waals surface area contributed by atoms with E-state index in [0.29, 0.717) is 17.3 Å². The first-order valence-electron chi connectivity index (χ1n) is 9.95. The molecule has 154 valence electrons. The third-order valence-corrected chi connectivity index (χ3v) is 6.39. The summed E-state index contributed by atoms with van der Waals surface area (Å²) in [5.41, 5.74) is 3.19. The van der Waals surface area contributed by atoms with Gasteiger partial charge < -0.3 is 9.30 Å². The van der Waals surface area contributed by atoms with Crippen molar-refractivity contribution in [1.82, 2.24) is 29.8 Å². The standard InChI is InChI=1S/C21H21ClN6OS/c22-16-8-9-19-18(11-16)23-20(27(19)12-15-5-2-1-3-6-15)14-30-21-24-25-26-28(21)13-17-7-4-10-29-17/h1-3,5-6,8-9,11,17H,4,7,10,12-14H2/t17-/m0/s1. The summed E-state index contributed by atoms with van der Waals surface area (Å²) in [5, 5.41) is 13.7. The topological polar surface area (TPSA) is 70.7 Å². The summed E-state index contributed by atoms with van der Waals surface area (Å²) in [4.78, 5) is 4.86. The summed E-state index contributed by atoms with van der Waals surface area (Å²) in [6, 6.07) is 16.2. The largest absolute Gasteiger partial charge is 0.376 e. The van der Waals surface area contributed by atoms with E-state index >= 15 is 0 Å². The number of tetrazole rings is 1. The molecule has 9 heteroatoms. The van der Waals surface area contributed by atoms with Gasteiger partial charge in [0.15, 0.2) is 0 Å². The Morgan fingerprint density at radius 2 is 2.07 bits per heavy atom. The molecule has 5 rings (SSSR count). The van der Waals surface area contributed by atoms with Crippen molar-refractivity contribution in [3.05, 3.63) is 64.9 Å². The Morgan fingerprint density at radius 1 is 1.17 bits per heavy atom. The van der Waals surface area contributed by atoms with Crippen molar-refractivity contribution in [2.75, 3.05) is 6.61 Å². The van der Waals surface area contributed by atoms with Gasteiger partial charge in [-0.05, 0) is 47.0 Å². The molecule has 30 heavy (non-hydrogen) atoms. The highest BCUT2D eigenvalue weighted by Gasteiger charge is 2.20. The number of aromatic nitrogens is 6. The summed E-state index contributed by atoms with van der Waals surface area (Å²) in [7, 11) is 0. The molecule has 0 N–H and O–H groups in total. The molecule has 1 fully saturated rings. The van der Waals surface area contributed by atoms with Crippen molar-refractivity contribution < 1.29 is 4.74 Å². The van der Waals surface area contributed by atoms with Crippen LogP contribution in [0.1, 0.15) is 24.2 Å². The van der Waals surface area contributed by atoms with Crippen molar-refractivity contribution in [3.8, 4) is 0 Å². The molecule has 0 spiro atoms. The predicted octanol–water partition coefficient (Wildman–Crippen LogP) is 4.20. The van der Waals surface area contributed by atoms with E-state index in [1.807, 2.05) is 28.9 Å². The quantitative estimate of drug-likeness (QED) is 0.401. The summed E-state index contributed by atoms with van der Waals surface area (Å²) >= 11 is 7.79. The zero-order chi connectivity index (χ0) is 20.3. The molecule has 1 saturated heterocycles. The molecular weight excluding hydrogens is 420 g/mol. The minimum Gasteiger partial charge on any atom is -0.376 e. The van der Waals surface area contributed by atoms with E-state index in [1.54, 1.807) is 11.8 Å². The maximum Gasteiger partial charge on any atom is 0.209 e. The highest BCUT2D eigenvalue weighted by molar-refractivity contribution is 7.98. The Balaban J connectivity index is 1.40. The Morgan fingerprint density at radius 3 is 2.90 bits per heavy atom. The molecule has 0 radical (unpaired) electrons. The Labute approximate surface area is 183 Å². The van der Waals surface area contributed by atoms with Gasteiger partial charge in [0.25, 0.3) is 0 Å². The third kappa shape index (κ3) is 4.21.